The molecule has 0 aromatic carbocycles. The Morgan fingerprint density at radius 2 is 2.05 bits per heavy atom. The lowest BCUT2D eigenvalue weighted by atomic mass is 9.95. The van der Waals surface area contributed by atoms with Crippen LogP contribution in [0.5, 0.6) is 0 Å². The molecule has 0 spiro atoms. The highest BCUT2D eigenvalue weighted by Gasteiger charge is 2.43. The highest BCUT2D eigenvalue weighted by molar-refractivity contribution is 5.92. The zero-order valence-electron chi connectivity index (χ0n) is 11.8. The standard InChI is InChI=1S/C16H17N3O3/c20-13-8-11(10-4-3-6-17-9-10)14(15(13)21)19-16(22)12-5-1-2-7-18-12/h1-7,9,11,13-15,20-21H,8H2,(H,19,22)/t11-,13-,14-,15-/m1/s1. The lowest BCUT2D eigenvalue weighted by Gasteiger charge is -2.23. The topological polar surface area (TPSA) is 95.3 Å². The van der Waals surface area contributed by atoms with Gasteiger partial charge in [-0.15, -0.1) is 0 Å². The van der Waals surface area contributed by atoms with Crippen molar-refractivity contribution in [3.8, 4) is 0 Å². The van der Waals surface area contributed by atoms with Gasteiger partial charge in [-0.1, -0.05) is 12.1 Å². The lowest BCUT2D eigenvalue weighted by Crippen LogP contribution is -2.45. The summed E-state index contributed by atoms with van der Waals surface area (Å²) in [6.07, 6.45) is 3.37. The molecule has 0 saturated heterocycles. The first-order chi connectivity index (χ1) is 10.7. The molecule has 2 aromatic heterocycles. The first kappa shape index (κ1) is 14.6. The quantitative estimate of drug-likeness (QED) is 0.766. The fourth-order valence-corrected chi connectivity index (χ4v) is 2.87. The maximum atomic E-state index is 12.2. The highest BCUT2D eigenvalue weighted by atomic mass is 16.3. The van der Waals surface area contributed by atoms with E-state index in [-0.39, 0.29) is 17.5 Å². The molecule has 1 saturated carbocycles. The highest BCUT2D eigenvalue weighted by Crippen LogP contribution is 2.35. The van der Waals surface area contributed by atoms with Crippen molar-refractivity contribution in [2.24, 2.45) is 0 Å². The predicted octanol–water partition coefficient (Wildman–Crippen LogP) is 0.484. The minimum absolute atomic E-state index is 0.189. The van der Waals surface area contributed by atoms with Crippen molar-refractivity contribution in [2.75, 3.05) is 0 Å². The summed E-state index contributed by atoms with van der Waals surface area (Å²) in [5.74, 6) is -0.556. The molecule has 1 aliphatic carbocycles. The Morgan fingerprint density at radius 1 is 1.18 bits per heavy atom. The molecule has 3 rings (SSSR count). The number of aliphatic hydroxyl groups is 2. The van der Waals surface area contributed by atoms with Crippen molar-refractivity contribution in [3.05, 3.63) is 60.2 Å². The summed E-state index contributed by atoms with van der Waals surface area (Å²) in [6, 6.07) is 8.15. The molecule has 22 heavy (non-hydrogen) atoms. The molecule has 4 atom stereocenters. The van der Waals surface area contributed by atoms with E-state index >= 15 is 0 Å². The number of rotatable bonds is 3. The number of hydrogen-bond acceptors (Lipinski definition) is 5. The van der Waals surface area contributed by atoms with Crippen LogP contribution in [-0.4, -0.2) is 44.3 Å². The molecule has 6 nitrogen and oxygen atoms in total. The molecule has 0 bridgehead atoms. The smallest absolute Gasteiger partial charge is 0.270 e. The number of carbonyl (C=O) groups is 1. The molecule has 3 N–H and O–H groups in total. The van der Waals surface area contributed by atoms with Crippen molar-refractivity contribution in [1.29, 1.82) is 0 Å². The summed E-state index contributed by atoms with van der Waals surface area (Å²) in [4.78, 5) is 20.3. The molecular weight excluding hydrogens is 282 g/mol. The van der Waals surface area contributed by atoms with Crippen LogP contribution in [-0.2, 0) is 0 Å². The van der Waals surface area contributed by atoms with Gasteiger partial charge in [-0.3, -0.25) is 14.8 Å². The third kappa shape index (κ3) is 2.84. The predicted molar refractivity (Wildman–Crippen MR) is 79.1 cm³/mol. The molecule has 1 fully saturated rings. The number of amides is 1. The number of nitrogens with one attached hydrogen (secondary N) is 1. The zero-order valence-corrected chi connectivity index (χ0v) is 11.8. The third-order valence-corrected chi connectivity index (χ3v) is 4.00. The second-order valence-corrected chi connectivity index (χ2v) is 5.40. The maximum Gasteiger partial charge on any atom is 0.270 e. The Labute approximate surface area is 127 Å². The van der Waals surface area contributed by atoms with Crippen LogP contribution in [0.15, 0.2) is 48.9 Å². The van der Waals surface area contributed by atoms with Crippen LogP contribution >= 0.6 is 0 Å². The van der Waals surface area contributed by atoms with Crippen molar-refractivity contribution >= 4 is 5.91 Å². The van der Waals surface area contributed by atoms with Crippen LogP contribution < -0.4 is 5.32 Å². The van der Waals surface area contributed by atoms with Crippen LogP contribution in [0.25, 0.3) is 0 Å². The van der Waals surface area contributed by atoms with E-state index in [9.17, 15) is 15.0 Å². The lowest BCUT2D eigenvalue weighted by molar-refractivity contribution is 0.0294. The van der Waals surface area contributed by atoms with E-state index < -0.39 is 18.2 Å². The van der Waals surface area contributed by atoms with Crippen molar-refractivity contribution in [1.82, 2.24) is 15.3 Å². The second kappa shape index (κ2) is 6.21. The number of carbonyl (C=O) groups excluding carboxylic acids is 1. The monoisotopic (exact) mass is 299 g/mol. The van der Waals surface area contributed by atoms with Gasteiger partial charge in [0.05, 0.1) is 12.1 Å². The molecule has 0 aliphatic heterocycles. The van der Waals surface area contributed by atoms with Gasteiger partial charge >= 0.3 is 0 Å². The molecule has 6 heteroatoms. The van der Waals surface area contributed by atoms with E-state index in [0.717, 1.165) is 5.56 Å². The molecular formula is C16H17N3O3. The average molecular weight is 299 g/mol. The van der Waals surface area contributed by atoms with Crippen molar-refractivity contribution in [3.63, 3.8) is 0 Å². The van der Waals surface area contributed by atoms with E-state index in [4.69, 9.17) is 0 Å². The van der Waals surface area contributed by atoms with E-state index in [0.29, 0.717) is 6.42 Å². The van der Waals surface area contributed by atoms with Gasteiger partial charge < -0.3 is 15.5 Å². The Bertz CT molecular complexity index is 636. The van der Waals surface area contributed by atoms with Crippen LogP contribution in [0.4, 0.5) is 0 Å². The van der Waals surface area contributed by atoms with Gasteiger partial charge in [0, 0.05) is 24.5 Å². The van der Waals surface area contributed by atoms with Gasteiger partial charge in [0.1, 0.15) is 11.8 Å². The Balaban J connectivity index is 1.82. The van der Waals surface area contributed by atoms with E-state index in [1.165, 1.54) is 6.20 Å². The second-order valence-electron chi connectivity index (χ2n) is 5.40. The Morgan fingerprint density at radius 3 is 2.73 bits per heavy atom. The fraction of sp³-hybridized carbons (Fsp3) is 0.312. The number of nitrogens with zero attached hydrogens (tertiary/aromatic N) is 2. The number of aromatic nitrogens is 2. The zero-order chi connectivity index (χ0) is 15.5. The van der Waals surface area contributed by atoms with Crippen LogP contribution in [0.3, 0.4) is 0 Å². The first-order valence-electron chi connectivity index (χ1n) is 7.15. The first-order valence-corrected chi connectivity index (χ1v) is 7.15. The number of pyridine rings is 2. The van der Waals surface area contributed by atoms with Gasteiger partial charge in [0.15, 0.2) is 0 Å². The molecule has 114 valence electrons. The van der Waals surface area contributed by atoms with Crippen LogP contribution in [0.1, 0.15) is 28.4 Å². The van der Waals surface area contributed by atoms with Gasteiger partial charge in [-0.2, -0.15) is 0 Å². The van der Waals surface area contributed by atoms with E-state index in [1.54, 1.807) is 36.7 Å². The summed E-state index contributed by atoms with van der Waals surface area (Å²) in [5.41, 5.74) is 1.16. The van der Waals surface area contributed by atoms with Gasteiger partial charge in [-0.25, -0.2) is 0 Å². The van der Waals surface area contributed by atoms with Gasteiger partial charge in [0.25, 0.3) is 5.91 Å². The summed E-state index contributed by atoms with van der Waals surface area (Å²) in [6.45, 7) is 0. The van der Waals surface area contributed by atoms with Crippen LogP contribution in [0, 0.1) is 0 Å². The molecule has 0 radical (unpaired) electrons. The normalized spacial score (nSPS) is 27.5. The van der Waals surface area contributed by atoms with E-state index in [2.05, 4.69) is 15.3 Å². The molecule has 1 aliphatic rings. The van der Waals surface area contributed by atoms with E-state index in [1.807, 2.05) is 6.07 Å². The molecule has 2 heterocycles. The summed E-state index contributed by atoms with van der Waals surface area (Å²) in [7, 11) is 0. The third-order valence-electron chi connectivity index (χ3n) is 4.00. The van der Waals surface area contributed by atoms with Crippen molar-refractivity contribution in [2.45, 2.75) is 30.6 Å². The fourth-order valence-electron chi connectivity index (χ4n) is 2.87. The molecule has 0 unspecified atom stereocenters. The average Bonchev–Trinajstić information content (AvgIpc) is 2.85. The Kier molecular flexibility index (Phi) is 4.13. The number of hydrogen-bond donors (Lipinski definition) is 3. The summed E-state index contributed by atoms with van der Waals surface area (Å²) >= 11 is 0. The Hall–Kier alpha value is -2.31. The molecule has 2 aromatic rings. The van der Waals surface area contributed by atoms with Gasteiger partial charge in [0.2, 0.25) is 0 Å². The van der Waals surface area contributed by atoms with Gasteiger partial charge in [-0.05, 0) is 30.2 Å². The summed E-state index contributed by atoms with van der Waals surface area (Å²) < 4.78 is 0. The largest absolute Gasteiger partial charge is 0.390 e. The van der Waals surface area contributed by atoms with Crippen molar-refractivity contribution < 1.29 is 15.0 Å². The maximum absolute atomic E-state index is 12.2. The minimum atomic E-state index is -1.02. The number of aliphatic hydroxyl groups excluding tert-OH is 2. The SMILES string of the molecule is O=C(N[C@H]1[C@H](O)[C@H](O)C[C@@H]1c1cccnc1)c1ccccn1. The minimum Gasteiger partial charge on any atom is -0.390 e. The molecule has 1 amide bonds. The summed E-state index contributed by atoms with van der Waals surface area (Å²) in [5, 5.41) is 22.9. The van der Waals surface area contributed by atoms with Crippen LogP contribution in [0.2, 0.25) is 0 Å².